The fourth-order valence-electron chi connectivity index (χ4n) is 2.97. The topological polar surface area (TPSA) is 94.8 Å². The summed E-state index contributed by atoms with van der Waals surface area (Å²) in [6, 6.07) is 0. The van der Waals surface area contributed by atoms with Gasteiger partial charge in [-0.3, -0.25) is 9.59 Å². The minimum Gasteiger partial charge on any atom is -0.508 e. The van der Waals surface area contributed by atoms with E-state index in [4.69, 9.17) is 5.11 Å². The van der Waals surface area contributed by atoms with Crippen LogP contribution in [-0.2, 0) is 9.59 Å². The lowest BCUT2D eigenvalue weighted by Gasteiger charge is -2.28. The zero-order valence-corrected chi connectivity index (χ0v) is 15.8. The van der Waals surface area contributed by atoms with Crippen molar-refractivity contribution in [2.45, 2.75) is 59.5 Å². The average molecular weight is 350 g/mol. The highest BCUT2D eigenvalue weighted by Gasteiger charge is 2.54. The first kappa shape index (κ1) is 21.3. The Kier molecular flexibility index (Phi) is 7.32. The van der Waals surface area contributed by atoms with Gasteiger partial charge in [0.2, 0.25) is 0 Å². The van der Waals surface area contributed by atoms with Gasteiger partial charge in [0, 0.05) is 5.92 Å². The molecule has 140 valence electrons. The Balaban J connectivity index is 3.25. The summed E-state index contributed by atoms with van der Waals surface area (Å²) in [6.07, 6.45) is 4.35. The van der Waals surface area contributed by atoms with Crippen molar-refractivity contribution < 1.29 is 24.9 Å². The summed E-state index contributed by atoms with van der Waals surface area (Å²) in [5.74, 6) is -2.74. The Bertz CT molecular complexity index is 620. The van der Waals surface area contributed by atoms with Crippen molar-refractivity contribution in [2.75, 3.05) is 6.61 Å². The van der Waals surface area contributed by atoms with Crippen LogP contribution in [0.2, 0.25) is 0 Å². The predicted molar refractivity (Wildman–Crippen MR) is 97.1 cm³/mol. The minimum atomic E-state index is -1.75. The van der Waals surface area contributed by atoms with Crippen molar-refractivity contribution in [1.82, 2.24) is 0 Å². The molecule has 1 rings (SSSR count). The van der Waals surface area contributed by atoms with Crippen molar-refractivity contribution in [3.63, 3.8) is 0 Å². The van der Waals surface area contributed by atoms with Crippen LogP contribution >= 0.6 is 0 Å². The van der Waals surface area contributed by atoms with Crippen LogP contribution in [0.5, 0.6) is 0 Å². The molecule has 2 atom stereocenters. The van der Waals surface area contributed by atoms with Crippen LogP contribution in [0.4, 0.5) is 0 Å². The molecule has 25 heavy (non-hydrogen) atoms. The van der Waals surface area contributed by atoms with E-state index in [2.05, 4.69) is 0 Å². The molecule has 5 nitrogen and oxygen atoms in total. The first-order valence-corrected chi connectivity index (χ1v) is 8.70. The van der Waals surface area contributed by atoms with Gasteiger partial charge in [-0.05, 0) is 40.0 Å². The third-order valence-electron chi connectivity index (χ3n) is 4.59. The molecule has 0 aromatic carbocycles. The number of hydrogen-bond acceptors (Lipinski definition) is 5. The van der Waals surface area contributed by atoms with Crippen molar-refractivity contribution in [2.24, 2.45) is 11.8 Å². The van der Waals surface area contributed by atoms with E-state index >= 15 is 0 Å². The standard InChI is InChI=1S/C20H30O5/c1-12(2)8-9-15-18(23)16(17(22)13(3)4)19(24)20(15,25)10-6-7-14(5)11-21/h7-8,13,15,21,24-25H,6,9-11H2,1-5H3/b14-7+/t15-,20?/m1/s1. The molecule has 0 aromatic rings. The molecule has 0 amide bonds. The summed E-state index contributed by atoms with van der Waals surface area (Å²) in [5.41, 5.74) is -0.271. The molecule has 3 N–H and O–H groups in total. The second-order valence-electron chi connectivity index (χ2n) is 7.35. The lowest BCUT2D eigenvalue weighted by atomic mass is 9.82. The molecule has 0 fully saturated rings. The van der Waals surface area contributed by atoms with Gasteiger partial charge in [0.05, 0.1) is 12.5 Å². The molecule has 1 aliphatic rings. The van der Waals surface area contributed by atoms with E-state index in [1.807, 2.05) is 19.9 Å². The maximum atomic E-state index is 12.8. The van der Waals surface area contributed by atoms with Gasteiger partial charge in [0.1, 0.15) is 16.9 Å². The summed E-state index contributed by atoms with van der Waals surface area (Å²) in [4.78, 5) is 25.1. The highest BCUT2D eigenvalue weighted by atomic mass is 16.3. The highest BCUT2D eigenvalue weighted by molar-refractivity contribution is 6.24. The number of aliphatic hydroxyl groups is 3. The van der Waals surface area contributed by atoms with Gasteiger partial charge in [-0.25, -0.2) is 0 Å². The number of rotatable bonds is 8. The highest BCUT2D eigenvalue weighted by Crippen LogP contribution is 2.43. The number of hydrogen-bond donors (Lipinski definition) is 3. The van der Waals surface area contributed by atoms with Crippen molar-refractivity contribution >= 4 is 11.6 Å². The quantitative estimate of drug-likeness (QED) is 0.462. The van der Waals surface area contributed by atoms with Crippen molar-refractivity contribution in [1.29, 1.82) is 0 Å². The normalized spacial score (nSPS) is 24.2. The first-order valence-electron chi connectivity index (χ1n) is 8.70. The first-order chi connectivity index (χ1) is 11.6. The van der Waals surface area contributed by atoms with Crippen LogP contribution in [0.25, 0.3) is 0 Å². The number of carbonyl (C=O) groups is 2. The molecule has 0 saturated carbocycles. The molecule has 0 heterocycles. The van der Waals surface area contributed by atoms with E-state index in [9.17, 15) is 19.8 Å². The van der Waals surface area contributed by atoms with Crippen LogP contribution in [0.1, 0.15) is 53.9 Å². The van der Waals surface area contributed by atoms with Gasteiger partial charge < -0.3 is 15.3 Å². The molecule has 1 unspecified atom stereocenters. The van der Waals surface area contributed by atoms with Crippen LogP contribution < -0.4 is 0 Å². The molecular formula is C20H30O5. The number of Topliss-reactive ketones (excluding diaryl/α,β-unsaturated/α-hetero) is 2. The van der Waals surface area contributed by atoms with Crippen LogP contribution in [0, 0.1) is 11.8 Å². The van der Waals surface area contributed by atoms with E-state index in [1.165, 1.54) is 0 Å². The molecule has 0 bridgehead atoms. The summed E-state index contributed by atoms with van der Waals surface area (Å²) in [5, 5.41) is 30.7. The Morgan fingerprint density at radius 1 is 1.24 bits per heavy atom. The monoisotopic (exact) mass is 350 g/mol. The van der Waals surface area contributed by atoms with Crippen molar-refractivity contribution in [3.05, 3.63) is 34.6 Å². The minimum absolute atomic E-state index is 0.0859. The van der Waals surface area contributed by atoms with Gasteiger partial charge in [0.15, 0.2) is 11.6 Å². The van der Waals surface area contributed by atoms with Crippen LogP contribution in [0.3, 0.4) is 0 Å². The van der Waals surface area contributed by atoms with E-state index < -0.39 is 34.8 Å². The summed E-state index contributed by atoms with van der Waals surface area (Å²) in [7, 11) is 0. The number of carbonyl (C=O) groups excluding carboxylic acids is 2. The largest absolute Gasteiger partial charge is 0.508 e. The fourth-order valence-corrected chi connectivity index (χ4v) is 2.97. The van der Waals surface area contributed by atoms with Crippen molar-refractivity contribution in [3.8, 4) is 0 Å². The zero-order valence-electron chi connectivity index (χ0n) is 15.8. The second kappa shape index (κ2) is 8.59. The summed E-state index contributed by atoms with van der Waals surface area (Å²) in [6.45, 7) is 8.77. The van der Waals surface area contributed by atoms with Crippen LogP contribution in [-0.4, -0.2) is 39.1 Å². The molecule has 0 aromatic heterocycles. The predicted octanol–water partition coefficient (Wildman–Crippen LogP) is 3.03. The smallest absolute Gasteiger partial charge is 0.176 e. The van der Waals surface area contributed by atoms with Gasteiger partial charge in [0.25, 0.3) is 0 Å². The van der Waals surface area contributed by atoms with Gasteiger partial charge >= 0.3 is 0 Å². The maximum Gasteiger partial charge on any atom is 0.176 e. The molecule has 0 radical (unpaired) electrons. The van der Waals surface area contributed by atoms with E-state index in [-0.39, 0.29) is 25.0 Å². The third kappa shape index (κ3) is 4.67. The molecule has 1 aliphatic carbocycles. The van der Waals surface area contributed by atoms with E-state index in [0.717, 1.165) is 11.1 Å². The van der Waals surface area contributed by atoms with Crippen LogP contribution in [0.15, 0.2) is 34.6 Å². The molecule has 0 spiro atoms. The number of ketones is 2. The maximum absolute atomic E-state index is 12.8. The lowest BCUT2D eigenvalue weighted by Crippen LogP contribution is -2.38. The van der Waals surface area contributed by atoms with Gasteiger partial charge in [-0.2, -0.15) is 0 Å². The Hall–Kier alpha value is -1.72. The lowest BCUT2D eigenvalue weighted by molar-refractivity contribution is -0.127. The third-order valence-corrected chi connectivity index (χ3v) is 4.59. The number of aliphatic hydroxyl groups excluding tert-OH is 2. The van der Waals surface area contributed by atoms with E-state index in [1.54, 1.807) is 26.8 Å². The molecular weight excluding hydrogens is 320 g/mol. The molecule has 0 aliphatic heterocycles. The number of allylic oxidation sites excluding steroid dienone is 4. The summed E-state index contributed by atoms with van der Waals surface area (Å²) < 4.78 is 0. The molecule has 0 saturated heterocycles. The zero-order chi connectivity index (χ0) is 19.4. The van der Waals surface area contributed by atoms with Gasteiger partial charge in [-0.1, -0.05) is 37.1 Å². The van der Waals surface area contributed by atoms with Gasteiger partial charge in [-0.15, -0.1) is 0 Å². The Morgan fingerprint density at radius 2 is 1.84 bits per heavy atom. The molecule has 5 heteroatoms. The van der Waals surface area contributed by atoms with E-state index in [0.29, 0.717) is 6.42 Å². The average Bonchev–Trinajstić information content (AvgIpc) is 2.71. The second-order valence-corrected chi connectivity index (χ2v) is 7.35. The fraction of sp³-hybridized carbons (Fsp3) is 0.600. The SMILES string of the molecule is CC(C)=CC[C@@H]1C(=O)C(C(=O)C(C)C)=C(O)C1(O)CC/C=C(\C)CO. The Labute approximate surface area is 149 Å². The summed E-state index contributed by atoms with van der Waals surface area (Å²) >= 11 is 0. The Morgan fingerprint density at radius 3 is 2.32 bits per heavy atom.